The Balaban J connectivity index is 3.01. The number of benzene rings is 1. The van der Waals surface area contributed by atoms with Crippen LogP contribution in [-0.2, 0) is 0 Å². The second kappa shape index (κ2) is 6.55. The molecule has 0 aromatic heterocycles. The van der Waals surface area contributed by atoms with Crippen molar-refractivity contribution in [1.29, 1.82) is 5.26 Å². The summed E-state index contributed by atoms with van der Waals surface area (Å²) in [5, 5.41) is 8.58. The van der Waals surface area contributed by atoms with Gasteiger partial charge in [-0.25, -0.2) is 0 Å². The third-order valence-electron chi connectivity index (χ3n) is 2.26. The fraction of sp³-hybridized carbons (Fsp3) is 0.333. The minimum absolute atomic E-state index is 0.0231. The van der Waals surface area contributed by atoms with Crippen LogP contribution in [0.1, 0.15) is 17.3 Å². The molecule has 0 radical (unpaired) electrons. The Morgan fingerprint density at radius 2 is 2.17 bits per heavy atom. The van der Waals surface area contributed by atoms with Crippen molar-refractivity contribution in [2.24, 2.45) is 0 Å². The molecule has 18 heavy (non-hydrogen) atoms. The molecular formula is C12H12F2N2O2. The molecule has 0 unspecified atom stereocenters. The van der Waals surface area contributed by atoms with Crippen LogP contribution in [0.15, 0.2) is 24.3 Å². The lowest BCUT2D eigenvalue weighted by molar-refractivity contribution is -0.0502. The van der Waals surface area contributed by atoms with E-state index < -0.39 is 12.5 Å². The van der Waals surface area contributed by atoms with E-state index >= 15 is 0 Å². The zero-order valence-electron chi connectivity index (χ0n) is 9.77. The zero-order chi connectivity index (χ0) is 13.5. The van der Waals surface area contributed by atoms with E-state index in [1.54, 1.807) is 13.0 Å². The Labute approximate surface area is 103 Å². The van der Waals surface area contributed by atoms with Crippen LogP contribution in [0.4, 0.5) is 8.78 Å². The molecule has 0 bridgehead atoms. The Morgan fingerprint density at radius 3 is 2.72 bits per heavy atom. The van der Waals surface area contributed by atoms with Gasteiger partial charge < -0.3 is 9.64 Å². The number of alkyl halides is 2. The van der Waals surface area contributed by atoms with Crippen LogP contribution in [0.3, 0.4) is 0 Å². The van der Waals surface area contributed by atoms with Crippen LogP contribution in [-0.4, -0.2) is 30.5 Å². The Morgan fingerprint density at radius 1 is 1.50 bits per heavy atom. The highest BCUT2D eigenvalue weighted by atomic mass is 19.3. The lowest BCUT2D eigenvalue weighted by Gasteiger charge is -2.18. The van der Waals surface area contributed by atoms with Gasteiger partial charge in [0.2, 0.25) is 0 Å². The van der Waals surface area contributed by atoms with Crippen LogP contribution in [0, 0.1) is 11.3 Å². The summed E-state index contributed by atoms with van der Waals surface area (Å²) in [5.41, 5.74) is 0.0231. The first-order valence-electron chi connectivity index (χ1n) is 5.30. The number of halogens is 2. The summed E-state index contributed by atoms with van der Waals surface area (Å²) in [7, 11) is 0. The monoisotopic (exact) mass is 254 g/mol. The summed E-state index contributed by atoms with van der Waals surface area (Å²) in [5.74, 6) is -0.691. The number of ether oxygens (including phenoxy) is 1. The first-order chi connectivity index (χ1) is 8.60. The van der Waals surface area contributed by atoms with Crippen molar-refractivity contribution < 1.29 is 18.3 Å². The van der Waals surface area contributed by atoms with Crippen molar-refractivity contribution >= 4 is 5.91 Å². The molecule has 0 aliphatic heterocycles. The van der Waals surface area contributed by atoms with Gasteiger partial charge in [0.15, 0.2) is 0 Å². The molecule has 1 amide bonds. The molecule has 0 spiro atoms. The van der Waals surface area contributed by atoms with E-state index in [9.17, 15) is 13.6 Å². The quantitative estimate of drug-likeness (QED) is 0.757. The van der Waals surface area contributed by atoms with Crippen LogP contribution in [0.2, 0.25) is 0 Å². The third kappa shape index (κ3) is 3.42. The topological polar surface area (TPSA) is 53.3 Å². The van der Waals surface area contributed by atoms with Crippen LogP contribution in [0.25, 0.3) is 0 Å². The second-order valence-electron chi connectivity index (χ2n) is 3.35. The smallest absolute Gasteiger partial charge is 0.387 e. The van der Waals surface area contributed by atoms with Crippen molar-refractivity contribution in [1.82, 2.24) is 4.90 Å². The van der Waals surface area contributed by atoms with E-state index in [4.69, 9.17) is 5.26 Å². The number of nitriles is 1. The van der Waals surface area contributed by atoms with Gasteiger partial charge >= 0.3 is 6.61 Å². The van der Waals surface area contributed by atoms with Gasteiger partial charge in [0, 0.05) is 6.54 Å². The summed E-state index contributed by atoms with van der Waals surface area (Å²) in [6, 6.07) is 7.57. The molecule has 0 fully saturated rings. The zero-order valence-corrected chi connectivity index (χ0v) is 9.77. The number of nitrogens with zero attached hydrogens (tertiary/aromatic N) is 2. The van der Waals surface area contributed by atoms with Crippen molar-refractivity contribution in [2.45, 2.75) is 13.5 Å². The molecule has 0 saturated carbocycles. The molecule has 0 heterocycles. The molecule has 96 valence electrons. The molecule has 6 heteroatoms. The van der Waals surface area contributed by atoms with Crippen LogP contribution in [0.5, 0.6) is 5.75 Å². The van der Waals surface area contributed by atoms with Gasteiger partial charge in [-0.1, -0.05) is 12.1 Å². The first-order valence-corrected chi connectivity index (χ1v) is 5.30. The highest BCUT2D eigenvalue weighted by Gasteiger charge is 2.19. The van der Waals surface area contributed by atoms with Crippen molar-refractivity contribution in [3.05, 3.63) is 29.8 Å². The molecule has 1 rings (SSSR count). The van der Waals surface area contributed by atoms with E-state index in [2.05, 4.69) is 4.74 Å². The van der Waals surface area contributed by atoms with Crippen molar-refractivity contribution in [2.75, 3.05) is 13.1 Å². The summed E-state index contributed by atoms with van der Waals surface area (Å²) in [4.78, 5) is 13.3. The maximum atomic E-state index is 12.2. The van der Waals surface area contributed by atoms with Gasteiger partial charge in [-0.05, 0) is 19.1 Å². The number of carbonyl (C=O) groups is 1. The summed E-state index contributed by atoms with van der Waals surface area (Å²) in [6.07, 6.45) is 0. The summed E-state index contributed by atoms with van der Waals surface area (Å²) < 4.78 is 28.7. The number of amides is 1. The predicted molar refractivity (Wildman–Crippen MR) is 60.3 cm³/mol. The van der Waals surface area contributed by atoms with E-state index in [1.165, 1.54) is 23.1 Å². The maximum Gasteiger partial charge on any atom is 0.387 e. The van der Waals surface area contributed by atoms with E-state index in [1.807, 2.05) is 6.07 Å². The highest BCUT2D eigenvalue weighted by molar-refractivity contribution is 5.97. The SMILES string of the molecule is CCN(CC#N)C(=O)c1ccccc1OC(F)F. The van der Waals surface area contributed by atoms with Crippen LogP contribution >= 0.6 is 0 Å². The molecule has 0 aliphatic carbocycles. The lowest BCUT2D eigenvalue weighted by Crippen LogP contribution is -2.31. The number of carbonyl (C=O) groups excluding carboxylic acids is 1. The van der Waals surface area contributed by atoms with E-state index in [-0.39, 0.29) is 17.9 Å². The molecule has 1 aromatic rings. The normalized spacial score (nSPS) is 9.94. The fourth-order valence-corrected chi connectivity index (χ4v) is 1.42. The number of hydrogen-bond donors (Lipinski definition) is 0. The lowest BCUT2D eigenvalue weighted by atomic mass is 10.1. The molecule has 1 aromatic carbocycles. The fourth-order valence-electron chi connectivity index (χ4n) is 1.42. The van der Waals surface area contributed by atoms with Gasteiger partial charge in [-0.15, -0.1) is 0 Å². The van der Waals surface area contributed by atoms with Gasteiger partial charge in [-0.2, -0.15) is 14.0 Å². The Kier molecular flexibility index (Phi) is 5.06. The van der Waals surface area contributed by atoms with Gasteiger partial charge in [-0.3, -0.25) is 4.79 Å². The molecular weight excluding hydrogens is 242 g/mol. The Hall–Kier alpha value is -2.16. The minimum Gasteiger partial charge on any atom is -0.434 e. The summed E-state index contributed by atoms with van der Waals surface area (Å²) >= 11 is 0. The second-order valence-corrected chi connectivity index (χ2v) is 3.35. The average molecular weight is 254 g/mol. The predicted octanol–water partition coefficient (Wildman–Crippen LogP) is 2.27. The molecule has 4 nitrogen and oxygen atoms in total. The van der Waals surface area contributed by atoms with E-state index in [0.29, 0.717) is 6.54 Å². The minimum atomic E-state index is -3.00. The molecule has 0 saturated heterocycles. The van der Waals surface area contributed by atoms with Gasteiger partial charge in [0.25, 0.3) is 5.91 Å². The standard InChI is InChI=1S/C12H12F2N2O2/c1-2-16(8-7-15)11(17)9-5-3-4-6-10(9)18-12(13)14/h3-6,12H,2,8H2,1H3. The third-order valence-corrected chi connectivity index (χ3v) is 2.26. The molecule has 0 aliphatic rings. The summed E-state index contributed by atoms with van der Waals surface area (Å²) in [6.45, 7) is -1.08. The van der Waals surface area contributed by atoms with Crippen LogP contribution < -0.4 is 4.74 Å². The van der Waals surface area contributed by atoms with E-state index in [0.717, 1.165) is 0 Å². The van der Waals surface area contributed by atoms with Gasteiger partial charge in [0.05, 0.1) is 11.6 Å². The molecule has 0 N–H and O–H groups in total. The maximum absolute atomic E-state index is 12.2. The first kappa shape index (κ1) is 13.9. The van der Waals surface area contributed by atoms with Crippen molar-refractivity contribution in [3.8, 4) is 11.8 Å². The molecule has 0 atom stereocenters. The Bertz CT molecular complexity index is 458. The largest absolute Gasteiger partial charge is 0.434 e. The van der Waals surface area contributed by atoms with Gasteiger partial charge in [0.1, 0.15) is 12.3 Å². The average Bonchev–Trinajstić information content (AvgIpc) is 2.35. The number of para-hydroxylation sites is 1. The number of hydrogen-bond acceptors (Lipinski definition) is 3. The number of rotatable bonds is 5. The van der Waals surface area contributed by atoms with Crippen molar-refractivity contribution in [3.63, 3.8) is 0 Å². The highest BCUT2D eigenvalue weighted by Crippen LogP contribution is 2.21.